The molecule has 6 rings (SSSR count). The van der Waals surface area contributed by atoms with Gasteiger partial charge in [0.05, 0.1) is 22.4 Å². The Morgan fingerprint density at radius 3 is 2.69 bits per heavy atom. The lowest BCUT2D eigenvalue weighted by Crippen LogP contribution is -2.42. The lowest BCUT2D eigenvalue weighted by atomic mass is 9.87. The molecule has 0 spiro atoms. The Labute approximate surface area is 249 Å². The Morgan fingerprint density at radius 1 is 1.10 bits per heavy atom. The summed E-state index contributed by atoms with van der Waals surface area (Å²) in [7, 11) is 0. The molecule has 42 heavy (non-hydrogen) atoms. The van der Waals surface area contributed by atoms with E-state index in [0.29, 0.717) is 23.9 Å². The van der Waals surface area contributed by atoms with Crippen LogP contribution in [0.1, 0.15) is 54.0 Å². The van der Waals surface area contributed by atoms with Crippen molar-refractivity contribution in [2.75, 3.05) is 24.0 Å². The zero-order valence-corrected chi connectivity index (χ0v) is 24.9. The Morgan fingerprint density at radius 2 is 1.93 bits per heavy atom. The summed E-state index contributed by atoms with van der Waals surface area (Å²) in [4.78, 5) is 33.0. The maximum atomic E-state index is 13.9. The number of hydrogen-bond acceptors (Lipinski definition) is 7. The van der Waals surface area contributed by atoms with Crippen LogP contribution < -0.4 is 19.7 Å². The van der Waals surface area contributed by atoms with Gasteiger partial charge in [-0.05, 0) is 53.9 Å². The van der Waals surface area contributed by atoms with Crippen LogP contribution in [0.4, 0.5) is 5.82 Å². The molecule has 1 N–H and O–H groups in total. The zero-order chi connectivity index (χ0) is 29.4. The van der Waals surface area contributed by atoms with Crippen molar-refractivity contribution in [1.82, 2.24) is 20.1 Å². The van der Waals surface area contributed by atoms with Gasteiger partial charge in [-0.1, -0.05) is 45.0 Å². The van der Waals surface area contributed by atoms with Crippen LogP contribution in [-0.4, -0.2) is 45.7 Å². The molecule has 0 unspecified atom stereocenters. The molecule has 2 aliphatic heterocycles. The van der Waals surface area contributed by atoms with Crippen LogP contribution in [-0.2, 0) is 21.5 Å². The topological polar surface area (TPSA) is 98.6 Å². The van der Waals surface area contributed by atoms with Crippen molar-refractivity contribution < 1.29 is 19.1 Å². The maximum absolute atomic E-state index is 13.9. The highest BCUT2D eigenvalue weighted by Gasteiger charge is 2.40. The summed E-state index contributed by atoms with van der Waals surface area (Å²) in [6, 6.07) is 17.7. The first-order valence-electron chi connectivity index (χ1n) is 13.9. The van der Waals surface area contributed by atoms with Crippen LogP contribution in [0.3, 0.4) is 0 Å². The molecule has 0 saturated heterocycles. The van der Waals surface area contributed by atoms with Crippen molar-refractivity contribution in [2.24, 2.45) is 0 Å². The number of aryl methyl sites for hydroxylation is 1. The van der Waals surface area contributed by atoms with Crippen LogP contribution >= 0.6 is 11.8 Å². The van der Waals surface area contributed by atoms with E-state index in [1.165, 1.54) is 11.8 Å². The number of fused-ring (bicyclic) bond motifs is 2. The van der Waals surface area contributed by atoms with Crippen LogP contribution in [0.15, 0.2) is 67.0 Å². The normalized spacial score (nSPS) is 16.2. The molecule has 0 bridgehead atoms. The SMILES string of the molecule is Cc1cccc(-n2nc(C(C)(C)C)c3c2N(CC(=O)NCc2cccnc2)C(=O)CS[C@H]3c2ccc3c(c2)OCO3)c1. The first-order valence-corrected chi connectivity index (χ1v) is 14.9. The third-order valence-electron chi connectivity index (χ3n) is 7.26. The minimum Gasteiger partial charge on any atom is -0.454 e. The molecular weight excluding hydrogens is 550 g/mol. The van der Waals surface area contributed by atoms with Crippen LogP contribution in [0.5, 0.6) is 11.5 Å². The molecule has 2 amide bonds. The number of amides is 2. The summed E-state index contributed by atoms with van der Waals surface area (Å²) in [6.07, 6.45) is 3.40. The number of hydrogen-bond donors (Lipinski definition) is 1. The van der Waals surface area contributed by atoms with Gasteiger partial charge in [0.2, 0.25) is 18.6 Å². The Hall–Kier alpha value is -4.31. The van der Waals surface area contributed by atoms with Gasteiger partial charge in [-0.25, -0.2) is 4.68 Å². The number of carbonyl (C=O) groups is 2. The molecule has 216 valence electrons. The highest BCUT2D eigenvalue weighted by atomic mass is 32.2. The van der Waals surface area contributed by atoms with E-state index in [0.717, 1.165) is 33.6 Å². The fraction of sp³-hybridized carbons (Fsp3) is 0.312. The third-order valence-corrected chi connectivity index (χ3v) is 8.51. The second kappa shape index (κ2) is 11.2. The van der Waals surface area contributed by atoms with Crippen molar-refractivity contribution in [3.05, 3.63) is 94.9 Å². The monoisotopic (exact) mass is 583 g/mol. The van der Waals surface area contributed by atoms with E-state index < -0.39 is 0 Å². The zero-order valence-electron chi connectivity index (χ0n) is 24.1. The van der Waals surface area contributed by atoms with Gasteiger partial charge in [-0.2, -0.15) is 5.10 Å². The molecule has 2 aromatic carbocycles. The van der Waals surface area contributed by atoms with Gasteiger partial charge in [-0.15, -0.1) is 11.8 Å². The fourth-order valence-corrected chi connectivity index (χ4v) is 6.44. The van der Waals surface area contributed by atoms with E-state index in [1.807, 2.05) is 66.2 Å². The summed E-state index contributed by atoms with van der Waals surface area (Å²) in [5, 5.41) is 7.89. The van der Waals surface area contributed by atoms with Crippen molar-refractivity contribution in [3.63, 3.8) is 0 Å². The molecule has 0 radical (unpaired) electrons. The van der Waals surface area contributed by atoms with Gasteiger partial charge >= 0.3 is 0 Å². The molecule has 1 atom stereocenters. The van der Waals surface area contributed by atoms with Crippen LogP contribution in [0, 0.1) is 6.92 Å². The number of nitrogens with zero attached hydrogens (tertiary/aromatic N) is 4. The standard InChI is InChI=1S/C32H33N5O4S/c1-20-7-5-9-23(13-20)37-31-28(30(35-37)32(2,3)4)29(22-10-11-24-25(14-22)41-19-40-24)42-18-27(39)36(31)17-26(38)34-16-21-8-6-12-33-15-21/h5-15,29H,16-19H2,1-4H3,(H,34,38)/t29-/m0/s1. The smallest absolute Gasteiger partial charge is 0.240 e. The maximum Gasteiger partial charge on any atom is 0.240 e. The van der Waals surface area contributed by atoms with Crippen molar-refractivity contribution in [2.45, 2.75) is 44.9 Å². The Balaban J connectivity index is 1.49. The van der Waals surface area contributed by atoms with E-state index in [9.17, 15) is 9.59 Å². The van der Waals surface area contributed by atoms with E-state index >= 15 is 0 Å². The first-order chi connectivity index (χ1) is 20.2. The Bertz CT molecular complexity index is 1650. The lowest BCUT2D eigenvalue weighted by Gasteiger charge is -2.24. The molecule has 4 aromatic rings. The van der Waals surface area contributed by atoms with E-state index in [4.69, 9.17) is 14.6 Å². The predicted octanol–water partition coefficient (Wildman–Crippen LogP) is 5.09. The number of carbonyl (C=O) groups excluding carboxylic acids is 2. The largest absolute Gasteiger partial charge is 0.454 e. The lowest BCUT2D eigenvalue weighted by molar-refractivity contribution is -0.123. The highest BCUT2D eigenvalue weighted by molar-refractivity contribution is 8.00. The number of benzene rings is 2. The van der Waals surface area contributed by atoms with Gasteiger partial charge in [0.1, 0.15) is 12.4 Å². The Kier molecular flexibility index (Phi) is 7.40. The quantitative estimate of drug-likeness (QED) is 0.338. The molecule has 2 aromatic heterocycles. The minimum absolute atomic E-state index is 0.137. The fourth-order valence-electron chi connectivity index (χ4n) is 5.26. The highest BCUT2D eigenvalue weighted by Crippen LogP contribution is 2.49. The van der Waals surface area contributed by atoms with Crippen molar-refractivity contribution in [1.29, 1.82) is 0 Å². The minimum atomic E-state index is -0.351. The number of nitrogens with one attached hydrogen (secondary N) is 1. The molecule has 0 saturated carbocycles. The molecule has 10 heteroatoms. The average Bonchev–Trinajstić information content (AvgIpc) is 3.57. The molecule has 0 aliphatic carbocycles. The molecule has 9 nitrogen and oxygen atoms in total. The number of anilines is 1. The second-order valence-electron chi connectivity index (χ2n) is 11.5. The number of rotatable bonds is 6. The van der Waals surface area contributed by atoms with Gasteiger partial charge < -0.3 is 14.8 Å². The summed E-state index contributed by atoms with van der Waals surface area (Å²) in [6.45, 7) is 8.75. The number of ether oxygens (including phenoxy) is 2. The van der Waals surface area contributed by atoms with Crippen molar-refractivity contribution >= 4 is 29.4 Å². The van der Waals surface area contributed by atoms with E-state index in [-0.39, 0.29) is 41.6 Å². The van der Waals surface area contributed by atoms with Gasteiger partial charge in [-0.3, -0.25) is 19.5 Å². The molecule has 2 aliphatic rings. The van der Waals surface area contributed by atoms with Gasteiger partial charge in [0.25, 0.3) is 0 Å². The molecule has 4 heterocycles. The van der Waals surface area contributed by atoms with E-state index in [2.05, 4.69) is 31.1 Å². The van der Waals surface area contributed by atoms with Crippen LogP contribution in [0.2, 0.25) is 0 Å². The summed E-state index contributed by atoms with van der Waals surface area (Å²) in [5.74, 6) is 1.77. The molecular formula is C32H33N5O4S. The third kappa shape index (κ3) is 5.46. The van der Waals surface area contributed by atoms with E-state index in [1.54, 1.807) is 17.3 Å². The summed E-state index contributed by atoms with van der Waals surface area (Å²) in [5.41, 5.74) is 5.18. The number of thioether (sulfide) groups is 1. The van der Waals surface area contributed by atoms with Gasteiger partial charge in [0.15, 0.2) is 11.5 Å². The number of aromatic nitrogens is 3. The molecule has 0 fully saturated rings. The predicted molar refractivity (Wildman–Crippen MR) is 162 cm³/mol. The summed E-state index contributed by atoms with van der Waals surface area (Å²) < 4.78 is 13.1. The van der Waals surface area contributed by atoms with Crippen molar-refractivity contribution in [3.8, 4) is 17.2 Å². The number of pyridine rings is 1. The van der Waals surface area contributed by atoms with Crippen LogP contribution in [0.25, 0.3) is 5.69 Å². The average molecular weight is 584 g/mol. The van der Waals surface area contributed by atoms with Gasteiger partial charge in [0, 0.05) is 29.9 Å². The second-order valence-corrected chi connectivity index (χ2v) is 12.6. The summed E-state index contributed by atoms with van der Waals surface area (Å²) >= 11 is 1.54. The first kappa shape index (κ1) is 27.8.